The van der Waals surface area contributed by atoms with Gasteiger partial charge in [0.1, 0.15) is 0 Å². The normalized spacial score (nSPS) is 20.8. The van der Waals surface area contributed by atoms with Crippen LogP contribution in [0.1, 0.15) is 64.3 Å². The first-order chi connectivity index (χ1) is 13.3. The van der Waals surface area contributed by atoms with Gasteiger partial charge in [0.05, 0.1) is 0 Å². The lowest BCUT2D eigenvalue weighted by Crippen LogP contribution is -2.31. The van der Waals surface area contributed by atoms with Crippen molar-refractivity contribution in [3.05, 3.63) is 16.8 Å². The van der Waals surface area contributed by atoms with Crippen molar-refractivity contribution in [3.63, 3.8) is 0 Å². The fourth-order valence-electron chi connectivity index (χ4n) is 4.61. The molecule has 0 spiro atoms. The summed E-state index contributed by atoms with van der Waals surface area (Å²) < 4.78 is 2.46. The Balaban J connectivity index is 1.49. The summed E-state index contributed by atoms with van der Waals surface area (Å²) in [7, 11) is 0. The summed E-state index contributed by atoms with van der Waals surface area (Å²) in [5.74, 6) is 2.93. The third-order valence-corrected chi connectivity index (χ3v) is 7.88. The molecule has 2 fully saturated rings. The van der Waals surface area contributed by atoms with Gasteiger partial charge in [-0.15, -0.1) is 10.2 Å². The van der Waals surface area contributed by atoms with Crippen LogP contribution in [0.2, 0.25) is 0 Å². The molecule has 1 saturated heterocycles. The summed E-state index contributed by atoms with van der Waals surface area (Å²) >= 11 is 3.64. The average molecular weight is 405 g/mol. The highest BCUT2D eigenvalue weighted by Crippen LogP contribution is 2.37. The molecule has 0 radical (unpaired) electrons. The van der Waals surface area contributed by atoms with Gasteiger partial charge >= 0.3 is 0 Å². The molecule has 148 valence electrons. The molecule has 0 N–H and O–H groups in total. The zero-order valence-corrected chi connectivity index (χ0v) is 18.1. The molecule has 1 atom stereocenters. The molecule has 2 aromatic heterocycles. The minimum Gasteiger partial charge on any atom is -0.303 e. The van der Waals surface area contributed by atoms with Crippen molar-refractivity contribution < 1.29 is 0 Å². The average Bonchev–Trinajstić information content (AvgIpc) is 3.39. The fraction of sp³-hybridized carbons (Fsp3) is 0.714. The molecule has 0 unspecified atom stereocenters. The van der Waals surface area contributed by atoms with E-state index in [0.717, 1.165) is 22.7 Å². The van der Waals surface area contributed by atoms with E-state index in [9.17, 15) is 0 Å². The molecule has 4 rings (SSSR count). The number of hydrogen-bond acceptors (Lipinski definition) is 5. The number of thiophene rings is 1. The Kier molecular flexibility index (Phi) is 6.90. The van der Waals surface area contributed by atoms with E-state index in [4.69, 9.17) is 0 Å². The number of piperidine rings is 1. The second kappa shape index (κ2) is 9.57. The van der Waals surface area contributed by atoms with Gasteiger partial charge in [0.2, 0.25) is 0 Å². The molecule has 0 bridgehead atoms. The van der Waals surface area contributed by atoms with Crippen LogP contribution in [0.15, 0.2) is 22.0 Å². The van der Waals surface area contributed by atoms with Gasteiger partial charge in [0.15, 0.2) is 11.0 Å². The van der Waals surface area contributed by atoms with Gasteiger partial charge in [-0.1, -0.05) is 37.4 Å². The quantitative estimate of drug-likeness (QED) is 0.552. The van der Waals surface area contributed by atoms with Crippen LogP contribution >= 0.6 is 23.1 Å². The van der Waals surface area contributed by atoms with Gasteiger partial charge in [-0.05, 0) is 63.1 Å². The molecule has 1 aliphatic heterocycles. The van der Waals surface area contributed by atoms with E-state index in [1.165, 1.54) is 76.6 Å². The Hall–Kier alpha value is -0.850. The highest BCUT2D eigenvalue weighted by Gasteiger charge is 2.27. The molecule has 6 heteroatoms. The molecular formula is C21H32N4S2. The summed E-state index contributed by atoms with van der Waals surface area (Å²) in [6, 6.07) is 2.66. The summed E-state index contributed by atoms with van der Waals surface area (Å²) in [5, 5.41) is 14.7. The SMILES string of the molecule is C[C@H](C1CCCCC1)n1c(SCCN2CCCCC2)nnc1-c1ccsc1. The van der Waals surface area contributed by atoms with Crippen molar-refractivity contribution in [2.24, 2.45) is 5.92 Å². The van der Waals surface area contributed by atoms with Crippen molar-refractivity contribution in [2.45, 2.75) is 69.5 Å². The summed E-state index contributed by atoms with van der Waals surface area (Å²) in [5.41, 5.74) is 1.22. The number of thioether (sulfide) groups is 1. The molecule has 4 nitrogen and oxygen atoms in total. The van der Waals surface area contributed by atoms with E-state index in [1.54, 1.807) is 11.3 Å². The van der Waals surface area contributed by atoms with Crippen LogP contribution in [-0.2, 0) is 0 Å². The second-order valence-electron chi connectivity index (χ2n) is 8.08. The van der Waals surface area contributed by atoms with Gasteiger partial charge in [-0.25, -0.2) is 0 Å². The van der Waals surface area contributed by atoms with Crippen LogP contribution < -0.4 is 0 Å². The number of rotatable bonds is 7. The van der Waals surface area contributed by atoms with Crippen LogP contribution in [0.4, 0.5) is 0 Å². The first kappa shape index (κ1) is 19.5. The number of hydrogen-bond donors (Lipinski definition) is 0. The molecule has 1 aliphatic carbocycles. The molecule has 27 heavy (non-hydrogen) atoms. The van der Waals surface area contributed by atoms with Crippen LogP contribution in [0.5, 0.6) is 0 Å². The highest BCUT2D eigenvalue weighted by atomic mass is 32.2. The second-order valence-corrected chi connectivity index (χ2v) is 9.92. The lowest BCUT2D eigenvalue weighted by molar-refractivity contribution is 0.242. The minimum atomic E-state index is 0.479. The van der Waals surface area contributed by atoms with Crippen molar-refractivity contribution in [1.29, 1.82) is 0 Å². The van der Waals surface area contributed by atoms with Crippen molar-refractivity contribution in [2.75, 3.05) is 25.4 Å². The van der Waals surface area contributed by atoms with E-state index >= 15 is 0 Å². The van der Waals surface area contributed by atoms with Crippen molar-refractivity contribution in [3.8, 4) is 11.4 Å². The Labute approximate surface area is 171 Å². The van der Waals surface area contributed by atoms with Crippen molar-refractivity contribution >= 4 is 23.1 Å². The molecule has 0 amide bonds. The number of aromatic nitrogens is 3. The van der Waals surface area contributed by atoms with Gasteiger partial charge < -0.3 is 4.90 Å². The minimum absolute atomic E-state index is 0.479. The lowest BCUT2D eigenvalue weighted by atomic mass is 9.84. The molecule has 2 aliphatic rings. The molecular weight excluding hydrogens is 372 g/mol. The van der Waals surface area contributed by atoms with Crippen LogP contribution in [0, 0.1) is 5.92 Å². The molecule has 3 heterocycles. The first-order valence-corrected chi connectivity index (χ1v) is 12.6. The lowest BCUT2D eigenvalue weighted by Gasteiger charge is -2.30. The Morgan fingerprint density at radius 3 is 2.63 bits per heavy atom. The predicted molar refractivity (Wildman–Crippen MR) is 116 cm³/mol. The largest absolute Gasteiger partial charge is 0.303 e. The molecule has 1 saturated carbocycles. The maximum Gasteiger partial charge on any atom is 0.191 e. The summed E-state index contributed by atoms with van der Waals surface area (Å²) in [4.78, 5) is 2.61. The number of likely N-dealkylation sites (tertiary alicyclic amines) is 1. The highest BCUT2D eigenvalue weighted by molar-refractivity contribution is 7.99. The Morgan fingerprint density at radius 2 is 1.89 bits per heavy atom. The van der Waals surface area contributed by atoms with Crippen LogP contribution in [0.3, 0.4) is 0 Å². The van der Waals surface area contributed by atoms with E-state index in [-0.39, 0.29) is 0 Å². The molecule has 2 aromatic rings. The third kappa shape index (κ3) is 4.77. The van der Waals surface area contributed by atoms with Gasteiger partial charge in [-0.2, -0.15) is 11.3 Å². The van der Waals surface area contributed by atoms with E-state index in [2.05, 4.69) is 43.4 Å². The van der Waals surface area contributed by atoms with Gasteiger partial charge in [-0.3, -0.25) is 4.57 Å². The van der Waals surface area contributed by atoms with Crippen molar-refractivity contribution in [1.82, 2.24) is 19.7 Å². The maximum absolute atomic E-state index is 4.63. The maximum atomic E-state index is 4.63. The van der Waals surface area contributed by atoms with Crippen LogP contribution in [-0.4, -0.2) is 45.1 Å². The zero-order chi connectivity index (χ0) is 18.5. The molecule has 0 aromatic carbocycles. The first-order valence-electron chi connectivity index (χ1n) is 10.7. The van der Waals surface area contributed by atoms with Gasteiger partial charge in [0, 0.05) is 29.3 Å². The summed E-state index contributed by atoms with van der Waals surface area (Å²) in [6.45, 7) is 6.10. The monoisotopic (exact) mass is 404 g/mol. The van der Waals surface area contributed by atoms with E-state index < -0.39 is 0 Å². The summed E-state index contributed by atoms with van der Waals surface area (Å²) in [6.07, 6.45) is 11.0. The smallest absolute Gasteiger partial charge is 0.191 e. The van der Waals surface area contributed by atoms with E-state index in [0.29, 0.717) is 6.04 Å². The van der Waals surface area contributed by atoms with Gasteiger partial charge in [0.25, 0.3) is 0 Å². The number of nitrogens with zero attached hydrogens (tertiary/aromatic N) is 4. The zero-order valence-electron chi connectivity index (χ0n) is 16.5. The standard InChI is InChI=1S/C21H32N4S2/c1-17(18-8-4-2-5-9-18)25-20(19-10-14-26-16-19)22-23-21(25)27-15-13-24-11-6-3-7-12-24/h10,14,16-18H,2-9,11-13,15H2,1H3/t17-/m1/s1. The predicted octanol–water partition coefficient (Wildman–Crippen LogP) is 5.73. The Bertz CT molecular complexity index is 685. The fourth-order valence-corrected chi connectivity index (χ4v) is 6.26. The van der Waals surface area contributed by atoms with E-state index in [1.807, 2.05) is 11.8 Å². The van der Waals surface area contributed by atoms with Crippen LogP contribution in [0.25, 0.3) is 11.4 Å². The Morgan fingerprint density at radius 1 is 1.11 bits per heavy atom. The third-order valence-electron chi connectivity index (χ3n) is 6.27. The topological polar surface area (TPSA) is 34.0 Å².